The van der Waals surface area contributed by atoms with Crippen LogP contribution in [-0.4, -0.2) is 42.6 Å². The number of hydrogen-bond donors (Lipinski definition) is 2. The predicted molar refractivity (Wildman–Crippen MR) is 116 cm³/mol. The molecule has 1 saturated heterocycles. The van der Waals surface area contributed by atoms with Crippen LogP contribution < -0.4 is 20.5 Å². The van der Waals surface area contributed by atoms with Crippen molar-refractivity contribution in [2.45, 2.75) is 19.8 Å². The molecule has 0 spiro atoms. The van der Waals surface area contributed by atoms with Crippen LogP contribution in [-0.2, 0) is 4.79 Å². The van der Waals surface area contributed by atoms with E-state index in [2.05, 4.69) is 10.3 Å². The number of benzene rings is 1. The fourth-order valence-corrected chi connectivity index (χ4v) is 4.67. The van der Waals surface area contributed by atoms with Gasteiger partial charge in [-0.1, -0.05) is 12.1 Å². The maximum absolute atomic E-state index is 12.7. The van der Waals surface area contributed by atoms with Crippen LogP contribution >= 0.6 is 11.3 Å². The zero-order valence-corrected chi connectivity index (χ0v) is 17.3. The maximum Gasteiger partial charge on any atom is 0.270 e. The van der Waals surface area contributed by atoms with Gasteiger partial charge >= 0.3 is 0 Å². The molecular weight excluding hydrogens is 388 g/mol. The van der Waals surface area contributed by atoms with E-state index in [4.69, 9.17) is 9.72 Å². The summed E-state index contributed by atoms with van der Waals surface area (Å²) in [6, 6.07) is 7.74. The molecule has 0 aliphatic carbocycles. The Morgan fingerprint density at radius 2 is 2.31 bits per heavy atom. The molecule has 8 heteroatoms. The number of carbonyl (C=O) groups excluding carboxylic acids is 1. The van der Waals surface area contributed by atoms with Crippen molar-refractivity contribution < 1.29 is 9.53 Å². The largest absolute Gasteiger partial charge is 0.497 e. The highest BCUT2D eigenvalue weighted by Crippen LogP contribution is 2.33. The lowest BCUT2D eigenvalue weighted by Crippen LogP contribution is -2.44. The third-order valence-electron chi connectivity index (χ3n) is 5.24. The van der Waals surface area contributed by atoms with Crippen molar-refractivity contribution in [2.75, 3.05) is 31.6 Å². The van der Waals surface area contributed by atoms with Gasteiger partial charge in [0.2, 0.25) is 11.9 Å². The zero-order chi connectivity index (χ0) is 20.4. The van der Waals surface area contributed by atoms with E-state index in [-0.39, 0.29) is 17.4 Å². The Morgan fingerprint density at radius 1 is 1.45 bits per heavy atom. The second-order valence-electron chi connectivity index (χ2n) is 7.13. The number of carbonyl (C=O) groups is 1. The van der Waals surface area contributed by atoms with Crippen LogP contribution in [0.1, 0.15) is 19.8 Å². The van der Waals surface area contributed by atoms with Crippen molar-refractivity contribution in [2.24, 2.45) is 5.92 Å². The minimum atomic E-state index is -0.149. The summed E-state index contributed by atoms with van der Waals surface area (Å²) in [5.74, 6) is 1.25. The molecule has 4 rings (SSSR count). The van der Waals surface area contributed by atoms with E-state index in [0.29, 0.717) is 29.3 Å². The second-order valence-corrected chi connectivity index (χ2v) is 8.01. The molecule has 0 radical (unpaired) electrons. The molecule has 1 amide bonds. The van der Waals surface area contributed by atoms with Crippen molar-refractivity contribution in [3.05, 3.63) is 40.0 Å². The van der Waals surface area contributed by atoms with E-state index in [1.807, 2.05) is 41.5 Å². The first-order valence-corrected chi connectivity index (χ1v) is 10.7. The summed E-state index contributed by atoms with van der Waals surface area (Å²) in [5.41, 5.74) is 2.40. The van der Waals surface area contributed by atoms with Crippen LogP contribution in [0.2, 0.25) is 0 Å². The normalized spacial score (nSPS) is 16.8. The van der Waals surface area contributed by atoms with E-state index in [1.54, 1.807) is 7.11 Å². The van der Waals surface area contributed by atoms with Gasteiger partial charge in [-0.2, -0.15) is 0 Å². The number of methoxy groups -OCH3 is 1. The van der Waals surface area contributed by atoms with Gasteiger partial charge in [0.05, 0.1) is 18.5 Å². The van der Waals surface area contributed by atoms with Crippen molar-refractivity contribution in [1.82, 2.24) is 15.3 Å². The number of thiophene rings is 1. The average Bonchev–Trinajstić information content (AvgIpc) is 3.19. The number of amides is 1. The van der Waals surface area contributed by atoms with Gasteiger partial charge in [0, 0.05) is 30.6 Å². The third kappa shape index (κ3) is 3.85. The lowest BCUT2D eigenvalue weighted by Gasteiger charge is -2.32. The molecule has 3 heterocycles. The van der Waals surface area contributed by atoms with Gasteiger partial charge in [0.1, 0.15) is 10.4 Å². The Kier molecular flexibility index (Phi) is 5.53. The number of nitrogens with one attached hydrogen (secondary N) is 2. The number of rotatable bonds is 5. The molecule has 1 atom stereocenters. The SMILES string of the molecule is CCNC(=O)C1CCCN(c2nc3c(-c4cccc(OC)c4)csc3c(=O)[nH]2)C1. The van der Waals surface area contributed by atoms with Crippen molar-refractivity contribution in [1.29, 1.82) is 0 Å². The summed E-state index contributed by atoms with van der Waals surface area (Å²) in [7, 11) is 1.63. The fraction of sp³-hybridized carbons (Fsp3) is 0.381. The van der Waals surface area contributed by atoms with Crippen molar-refractivity contribution in [3.63, 3.8) is 0 Å². The molecule has 3 aromatic rings. The molecule has 0 bridgehead atoms. The molecule has 1 unspecified atom stereocenters. The van der Waals surface area contributed by atoms with E-state index >= 15 is 0 Å². The maximum atomic E-state index is 12.7. The van der Waals surface area contributed by atoms with Crippen LogP contribution in [0, 0.1) is 5.92 Å². The Bertz CT molecular complexity index is 1090. The second kappa shape index (κ2) is 8.24. The van der Waals surface area contributed by atoms with Crippen LogP contribution in [0.5, 0.6) is 5.75 Å². The van der Waals surface area contributed by atoms with Crippen molar-refractivity contribution >= 4 is 33.4 Å². The molecule has 1 aromatic carbocycles. The van der Waals surface area contributed by atoms with Crippen LogP contribution in [0.15, 0.2) is 34.4 Å². The van der Waals surface area contributed by atoms with Crippen LogP contribution in [0.4, 0.5) is 5.95 Å². The summed E-state index contributed by atoms with van der Waals surface area (Å²) < 4.78 is 5.93. The first-order valence-electron chi connectivity index (χ1n) is 9.79. The predicted octanol–water partition coefficient (Wildman–Crippen LogP) is 3.01. The van der Waals surface area contributed by atoms with Gasteiger partial charge in [-0.3, -0.25) is 14.6 Å². The molecule has 1 aliphatic heterocycles. The summed E-state index contributed by atoms with van der Waals surface area (Å²) in [6.45, 7) is 3.86. The third-order valence-corrected chi connectivity index (χ3v) is 6.21. The number of fused-ring (bicyclic) bond motifs is 1. The van der Waals surface area contributed by atoms with Gasteiger partial charge in [-0.05, 0) is 37.5 Å². The average molecular weight is 413 g/mol. The molecule has 2 aromatic heterocycles. The number of anilines is 1. The van der Waals surface area contributed by atoms with Crippen molar-refractivity contribution in [3.8, 4) is 16.9 Å². The summed E-state index contributed by atoms with van der Waals surface area (Å²) in [4.78, 5) is 34.7. The fourth-order valence-electron chi connectivity index (χ4n) is 3.76. The van der Waals surface area contributed by atoms with Crippen LogP contribution in [0.3, 0.4) is 0 Å². The molecular formula is C21H24N4O3S. The van der Waals surface area contributed by atoms with E-state index < -0.39 is 0 Å². The molecule has 152 valence electrons. The van der Waals surface area contributed by atoms with Gasteiger partial charge in [-0.25, -0.2) is 4.98 Å². The molecule has 1 fully saturated rings. The van der Waals surface area contributed by atoms with Gasteiger partial charge < -0.3 is 15.0 Å². The zero-order valence-electron chi connectivity index (χ0n) is 16.5. The number of H-pyrrole nitrogens is 1. The Balaban J connectivity index is 1.71. The molecule has 7 nitrogen and oxygen atoms in total. The van der Waals surface area contributed by atoms with Gasteiger partial charge in [0.15, 0.2) is 0 Å². The summed E-state index contributed by atoms with van der Waals surface area (Å²) >= 11 is 1.39. The summed E-state index contributed by atoms with van der Waals surface area (Å²) in [5, 5.41) is 4.85. The standard InChI is InChI=1S/C21H24N4O3S/c1-3-22-19(26)14-7-5-9-25(11-14)21-23-17-16(12-29-18(17)20(27)24-21)13-6-4-8-15(10-13)28-2/h4,6,8,10,12,14H,3,5,7,9,11H2,1-2H3,(H,22,26)(H,23,24,27). The number of aromatic nitrogens is 2. The molecule has 29 heavy (non-hydrogen) atoms. The number of ether oxygens (including phenoxy) is 1. The van der Waals surface area contributed by atoms with E-state index in [1.165, 1.54) is 11.3 Å². The molecule has 0 saturated carbocycles. The lowest BCUT2D eigenvalue weighted by molar-refractivity contribution is -0.125. The number of piperidine rings is 1. The Labute approximate surface area is 172 Å². The first-order chi connectivity index (χ1) is 14.1. The Morgan fingerprint density at radius 3 is 3.10 bits per heavy atom. The van der Waals surface area contributed by atoms with E-state index in [9.17, 15) is 9.59 Å². The van der Waals surface area contributed by atoms with Crippen LogP contribution in [0.25, 0.3) is 21.3 Å². The smallest absolute Gasteiger partial charge is 0.270 e. The lowest BCUT2D eigenvalue weighted by atomic mass is 9.97. The number of aromatic amines is 1. The quantitative estimate of drug-likeness (QED) is 0.673. The monoisotopic (exact) mass is 412 g/mol. The van der Waals surface area contributed by atoms with E-state index in [0.717, 1.165) is 36.3 Å². The molecule has 2 N–H and O–H groups in total. The summed E-state index contributed by atoms with van der Waals surface area (Å²) in [6.07, 6.45) is 1.73. The molecule has 1 aliphatic rings. The first kappa shape index (κ1) is 19.4. The number of nitrogens with zero attached hydrogens (tertiary/aromatic N) is 2. The number of hydrogen-bond acceptors (Lipinski definition) is 6. The minimum Gasteiger partial charge on any atom is -0.497 e. The van der Waals surface area contributed by atoms with Gasteiger partial charge in [0.25, 0.3) is 5.56 Å². The van der Waals surface area contributed by atoms with Gasteiger partial charge in [-0.15, -0.1) is 11.3 Å². The minimum absolute atomic E-state index is 0.0632. The topological polar surface area (TPSA) is 87.3 Å². The Hall–Kier alpha value is -2.87. The highest BCUT2D eigenvalue weighted by molar-refractivity contribution is 7.17. The highest BCUT2D eigenvalue weighted by atomic mass is 32.1. The highest BCUT2D eigenvalue weighted by Gasteiger charge is 2.27.